The zero-order chi connectivity index (χ0) is 28.9. The molecule has 0 saturated carbocycles. The van der Waals surface area contributed by atoms with Gasteiger partial charge < -0.3 is 33.5 Å². The molecule has 236 valence electrons. The molecule has 2 amide bonds. The van der Waals surface area contributed by atoms with Crippen molar-refractivity contribution >= 4 is 12.0 Å². The van der Waals surface area contributed by atoms with Gasteiger partial charge in [0.2, 0.25) is 11.6 Å². The van der Waals surface area contributed by atoms with Crippen LogP contribution in [-0.2, 0) is 27.4 Å². The Bertz CT molecular complexity index is 829. The second-order valence-electron chi connectivity index (χ2n) is 12.0. The molecule has 1 atom stereocenters. The summed E-state index contributed by atoms with van der Waals surface area (Å²) in [6.07, 6.45) is 25.1. The van der Waals surface area contributed by atoms with Crippen molar-refractivity contribution in [3.63, 3.8) is 0 Å². The lowest BCUT2D eigenvalue weighted by Crippen LogP contribution is -3.00. The quantitative estimate of drug-likeness (QED) is 0.0914. The highest BCUT2D eigenvalue weighted by molar-refractivity contribution is 5.90. The predicted molar refractivity (Wildman–Crippen MR) is 162 cm³/mol. The summed E-state index contributed by atoms with van der Waals surface area (Å²) in [5.74, 6) is -0.300. The minimum atomic E-state index is -0.558. The molecule has 41 heavy (non-hydrogen) atoms. The van der Waals surface area contributed by atoms with E-state index in [1.807, 2.05) is 35.9 Å². The third-order valence-corrected chi connectivity index (χ3v) is 8.54. The second-order valence-corrected chi connectivity index (χ2v) is 12.0. The monoisotopic (exact) mass is 686 g/mol. The fourth-order valence-corrected chi connectivity index (χ4v) is 5.80. The van der Waals surface area contributed by atoms with Crippen LogP contribution in [0.15, 0.2) is 24.4 Å². The lowest BCUT2D eigenvalue weighted by atomic mass is 9.82. The smallest absolute Gasteiger partial charge is 0.417 e. The van der Waals surface area contributed by atoms with Crippen LogP contribution in [0.5, 0.6) is 0 Å². The number of hydrogen-bond donors (Lipinski definition) is 0. The maximum atomic E-state index is 12.9. The fraction of sp³-hybridized carbons (Fsp3) is 0.794. The third-order valence-electron chi connectivity index (χ3n) is 8.54. The van der Waals surface area contributed by atoms with E-state index in [9.17, 15) is 9.59 Å². The van der Waals surface area contributed by atoms with Crippen molar-refractivity contribution in [1.82, 2.24) is 4.90 Å². The van der Waals surface area contributed by atoms with Gasteiger partial charge in [-0.05, 0) is 19.8 Å². The molecule has 6 nitrogen and oxygen atoms in total. The number of hydrogen-bond acceptors (Lipinski definition) is 4. The lowest BCUT2D eigenvalue weighted by Gasteiger charge is -2.28. The summed E-state index contributed by atoms with van der Waals surface area (Å²) in [4.78, 5) is 26.4. The summed E-state index contributed by atoms with van der Waals surface area (Å²) in [7, 11) is 0. The van der Waals surface area contributed by atoms with Crippen molar-refractivity contribution < 1.29 is 47.6 Å². The molecule has 0 radical (unpaired) electrons. The minimum absolute atomic E-state index is 0. The molecule has 1 unspecified atom stereocenters. The number of imide groups is 1. The van der Waals surface area contributed by atoms with Gasteiger partial charge in [0.15, 0.2) is 6.20 Å². The highest BCUT2D eigenvalue weighted by atomic mass is 127. The van der Waals surface area contributed by atoms with Crippen LogP contribution in [0.25, 0.3) is 0 Å². The Kier molecular flexibility index (Phi) is 21.4. The molecule has 0 spiro atoms. The van der Waals surface area contributed by atoms with Crippen LogP contribution in [0, 0.1) is 5.41 Å². The molecule has 0 N–H and O–H groups in total. The first kappa shape index (κ1) is 37.8. The first-order valence-electron chi connectivity index (χ1n) is 16.5. The van der Waals surface area contributed by atoms with E-state index in [2.05, 4.69) is 6.92 Å². The number of unbranched alkanes of at least 4 members (excludes halogenated alkanes) is 15. The van der Waals surface area contributed by atoms with Gasteiger partial charge in [0.25, 0.3) is 0 Å². The van der Waals surface area contributed by atoms with Crippen molar-refractivity contribution in [1.29, 1.82) is 0 Å². The highest BCUT2D eigenvalue weighted by Crippen LogP contribution is 2.35. The Morgan fingerprint density at radius 1 is 0.878 bits per heavy atom. The average Bonchev–Trinajstić information content (AvgIpc) is 3.43. The van der Waals surface area contributed by atoms with Crippen molar-refractivity contribution in [2.24, 2.45) is 5.41 Å². The van der Waals surface area contributed by atoms with Gasteiger partial charge in [0, 0.05) is 31.1 Å². The first-order valence-corrected chi connectivity index (χ1v) is 16.5. The lowest BCUT2D eigenvalue weighted by molar-refractivity contribution is -0.701. The SMILES string of the molecule is CCCCCCCCCCCCCCCCCCC1(COC(=O)N(Cc2cccc[n+]2CC)C(C)=O)CCOC1.[I-]. The Balaban J connectivity index is 0.00000840. The van der Waals surface area contributed by atoms with Gasteiger partial charge in [-0.3, -0.25) is 4.79 Å². The summed E-state index contributed by atoms with van der Waals surface area (Å²) in [6.45, 7) is 8.40. The Morgan fingerprint density at radius 2 is 1.44 bits per heavy atom. The zero-order valence-corrected chi connectivity index (χ0v) is 28.6. The Hall–Kier alpha value is -1.22. The number of amides is 2. The van der Waals surface area contributed by atoms with Gasteiger partial charge in [-0.15, -0.1) is 0 Å². The normalized spacial score (nSPS) is 16.4. The number of aryl methyl sites for hydroxylation is 1. The minimum Gasteiger partial charge on any atom is -1.00 e. The number of carbonyl (C=O) groups is 2. The van der Waals surface area contributed by atoms with Crippen LogP contribution in [0.2, 0.25) is 0 Å². The van der Waals surface area contributed by atoms with Gasteiger partial charge in [0.05, 0.1) is 6.61 Å². The van der Waals surface area contributed by atoms with E-state index in [1.165, 1.54) is 108 Å². The van der Waals surface area contributed by atoms with Gasteiger partial charge in [0.1, 0.15) is 19.7 Å². The van der Waals surface area contributed by atoms with Crippen LogP contribution >= 0.6 is 0 Å². The standard InChI is InChI=1S/C34H59N2O4.HI/c1-4-6-7-8-9-10-11-12-13-14-15-16-17-18-19-21-24-34(25-27-39-29-34)30-40-33(38)36(31(3)37)28-32-23-20-22-26-35(32)5-2;/h20,22-23,26H,4-19,21,24-25,27-30H2,1-3H3;1H/q+1;/p-1. The van der Waals surface area contributed by atoms with Crippen LogP contribution in [0.3, 0.4) is 0 Å². The molecule has 1 aliphatic heterocycles. The molecular weight excluding hydrogens is 627 g/mol. The van der Waals surface area contributed by atoms with E-state index in [0.29, 0.717) is 19.8 Å². The molecule has 1 aromatic heterocycles. The van der Waals surface area contributed by atoms with E-state index in [0.717, 1.165) is 31.5 Å². The molecule has 1 aromatic rings. The summed E-state index contributed by atoms with van der Waals surface area (Å²) >= 11 is 0. The predicted octanol–water partition coefficient (Wildman–Crippen LogP) is 5.54. The number of pyridine rings is 1. The fourth-order valence-electron chi connectivity index (χ4n) is 5.80. The van der Waals surface area contributed by atoms with Crippen molar-refractivity contribution in [2.45, 2.75) is 149 Å². The van der Waals surface area contributed by atoms with Crippen molar-refractivity contribution in [3.05, 3.63) is 30.1 Å². The third kappa shape index (κ3) is 15.7. The Morgan fingerprint density at radius 3 is 1.93 bits per heavy atom. The topological polar surface area (TPSA) is 59.7 Å². The van der Waals surface area contributed by atoms with Crippen LogP contribution in [0.1, 0.15) is 142 Å². The number of aromatic nitrogens is 1. The number of ether oxygens (including phenoxy) is 2. The molecular formula is C34H59IN2O4. The van der Waals surface area contributed by atoms with Crippen LogP contribution in [-0.4, -0.2) is 36.7 Å². The number of nitrogens with zero attached hydrogens (tertiary/aromatic N) is 2. The largest absolute Gasteiger partial charge is 1.00 e. The van der Waals surface area contributed by atoms with Crippen molar-refractivity contribution in [3.8, 4) is 0 Å². The van der Waals surface area contributed by atoms with Gasteiger partial charge in [-0.2, -0.15) is 0 Å². The molecule has 7 heteroatoms. The molecule has 2 rings (SSSR count). The number of halogens is 1. The zero-order valence-electron chi connectivity index (χ0n) is 26.5. The number of rotatable bonds is 22. The molecule has 0 bridgehead atoms. The van der Waals surface area contributed by atoms with Gasteiger partial charge in [-0.1, -0.05) is 116 Å². The molecule has 1 saturated heterocycles. The number of carbonyl (C=O) groups excluding carboxylic acids is 2. The van der Waals surface area contributed by atoms with E-state index >= 15 is 0 Å². The van der Waals surface area contributed by atoms with E-state index in [1.54, 1.807) is 0 Å². The maximum Gasteiger partial charge on any atom is 0.417 e. The van der Waals surface area contributed by atoms with Crippen molar-refractivity contribution in [2.75, 3.05) is 19.8 Å². The van der Waals surface area contributed by atoms with Crippen LogP contribution in [0.4, 0.5) is 4.79 Å². The first-order chi connectivity index (χ1) is 19.5. The van der Waals surface area contributed by atoms with Gasteiger partial charge in [-0.25, -0.2) is 14.3 Å². The molecule has 0 aromatic carbocycles. The highest BCUT2D eigenvalue weighted by Gasteiger charge is 2.37. The Labute approximate surface area is 268 Å². The summed E-state index contributed by atoms with van der Waals surface area (Å²) in [6, 6.07) is 5.82. The average molecular weight is 687 g/mol. The van der Waals surface area contributed by atoms with E-state index in [-0.39, 0.29) is 41.8 Å². The van der Waals surface area contributed by atoms with E-state index < -0.39 is 6.09 Å². The summed E-state index contributed by atoms with van der Waals surface area (Å²) < 4.78 is 13.5. The van der Waals surface area contributed by atoms with Crippen LogP contribution < -0.4 is 28.5 Å². The maximum absolute atomic E-state index is 12.9. The van der Waals surface area contributed by atoms with E-state index in [4.69, 9.17) is 9.47 Å². The van der Waals surface area contributed by atoms with Gasteiger partial charge >= 0.3 is 6.09 Å². The molecule has 1 fully saturated rings. The molecule has 0 aliphatic carbocycles. The second kappa shape index (κ2) is 23.3. The molecule has 1 aliphatic rings. The summed E-state index contributed by atoms with van der Waals surface area (Å²) in [5, 5.41) is 0. The summed E-state index contributed by atoms with van der Waals surface area (Å²) in [5.41, 5.74) is 0.786. The molecule has 2 heterocycles.